The topological polar surface area (TPSA) is 126 Å². The molecule has 3 amide bonds. The summed E-state index contributed by atoms with van der Waals surface area (Å²) in [6.07, 6.45) is 2.40. The third kappa shape index (κ3) is 3.80. The summed E-state index contributed by atoms with van der Waals surface area (Å²) >= 11 is 5.76. The molecule has 1 aromatic heterocycles. The van der Waals surface area contributed by atoms with Crippen molar-refractivity contribution in [3.63, 3.8) is 0 Å². The average molecular weight is 407 g/mol. The first-order valence-corrected chi connectivity index (χ1v) is 8.61. The summed E-state index contributed by atoms with van der Waals surface area (Å²) in [6, 6.07) is 5.11. The lowest BCUT2D eigenvalue weighted by Gasteiger charge is -2.21. The fraction of sp³-hybridized carbons (Fsp3) is 0.222. The molecule has 10 heteroatoms. The SMILES string of the molecule is NC(=O)c1cncc(N2CCC(O)(C(=O)NCc3cc(F)cc(Cl)c3)C2=O)c1. The second-order valence-electron chi connectivity index (χ2n) is 6.32. The Balaban J connectivity index is 1.73. The smallest absolute Gasteiger partial charge is 0.268 e. The zero-order valence-electron chi connectivity index (χ0n) is 14.5. The van der Waals surface area contributed by atoms with Crippen LogP contribution in [0.1, 0.15) is 22.3 Å². The number of carbonyl (C=O) groups excluding carboxylic acids is 3. The van der Waals surface area contributed by atoms with Crippen LogP contribution in [0.3, 0.4) is 0 Å². The quantitative estimate of drug-likeness (QED) is 0.632. The molecule has 2 aromatic rings. The Kier molecular flexibility index (Phi) is 5.30. The van der Waals surface area contributed by atoms with Gasteiger partial charge in [0.05, 0.1) is 17.4 Å². The Hall–Kier alpha value is -3.04. The van der Waals surface area contributed by atoms with Crippen LogP contribution in [0.4, 0.5) is 10.1 Å². The Labute approximate surface area is 164 Å². The monoisotopic (exact) mass is 406 g/mol. The van der Waals surface area contributed by atoms with Gasteiger partial charge in [0.2, 0.25) is 11.5 Å². The Bertz CT molecular complexity index is 950. The van der Waals surface area contributed by atoms with E-state index >= 15 is 0 Å². The van der Waals surface area contributed by atoms with Gasteiger partial charge in [-0.1, -0.05) is 11.6 Å². The van der Waals surface area contributed by atoms with E-state index in [-0.39, 0.29) is 35.8 Å². The van der Waals surface area contributed by atoms with E-state index in [0.29, 0.717) is 5.56 Å². The summed E-state index contributed by atoms with van der Waals surface area (Å²) in [5.41, 5.74) is 3.62. The van der Waals surface area contributed by atoms with E-state index < -0.39 is 29.1 Å². The number of halogens is 2. The van der Waals surface area contributed by atoms with Gasteiger partial charge in [-0.3, -0.25) is 19.4 Å². The predicted molar refractivity (Wildman–Crippen MR) is 97.9 cm³/mol. The van der Waals surface area contributed by atoms with Gasteiger partial charge in [-0.25, -0.2) is 4.39 Å². The molecule has 1 aliphatic heterocycles. The molecule has 0 saturated carbocycles. The van der Waals surface area contributed by atoms with Gasteiger partial charge in [-0.2, -0.15) is 0 Å². The highest BCUT2D eigenvalue weighted by molar-refractivity contribution is 6.30. The zero-order chi connectivity index (χ0) is 20.5. The van der Waals surface area contributed by atoms with Gasteiger partial charge in [0.25, 0.3) is 11.8 Å². The van der Waals surface area contributed by atoms with Crippen molar-refractivity contribution < 1.29 is 23.9 Å². The van der Waals surface area contributed by atoms with Gasteiger partial charge in [0, 0.05) is 30.7 Å². The number of aliphatic hydroxyl groups is 1. The molecular weight excluding hydrogens is 391 g/mol. The summed E-state index contributed by atoms with van der Waals surface area (Å²) in [5, 5.41) is 13.2. The van der Waals surface area contributed by atoms with E-state index in [4.69, 9.17) is 17.3 Å². The maximum atomic E-state index is 13.4. The summed E-state index contributed by atoms with van der Waals surface area (Å²) < 4.78 is 13.4. The number of rotatable bonds is 5. The van der Waals surface area contributed by atoms with Crippen molar-refractivity contribution in [2.75, 3.05) is 11.4 Å². The standard InChI is InChI=1S/C18H16ClFN4O4/c19-12-3-10(4-13(20)6-12)7-23-16(26)18(28)1-2-24(17(18)27)14-5-11(15(21)25)8-22-9-14/h3-6,8-9,28H,1-2,7H2,(H2,21,25)(H,23,26). The van der Waals surface area contributed by atoms with Crippen LogP contribution in [0.25, 0.3) is 0 Å². The van der Waals surface area contributed by atoms with Crippen LogP contribution in [-0.4, -0.2) is 40.0 Å². The summed E-state index contributed by atoms with van der Waals surface area (Å²) in [5.74, 6) is -3.06. The van der Waals surface area contributed by atoms with Crippen LogP contribution in [-0.2, 0) is 16.1 Å². The van der Waals surface area contributed by atoms with E-state index in [1.807, 2.05) is 0 Å². The number of nitrogens with zero attached hydrogens (tertiary/aromatic N) is 2. The number of nitrogens with two attached hydrogens (primary N) is 1. The van der Waals surface area contributed by atoms with Gasteiger partial charge < -0.3 is 21.1 Å². The van der Waals surface area contributed by atoms with Gasteiger partial charge >= 0.3 is 0 Å². The molecule has 1 saturated heterocycles. The third-order valence-corrected chi connectivity index (χ3v) is 4.59. The number of anilines is 1. The Morgan fingerprint density at radius 3 is 2.75 bits per heavy atom. The third-order valence-electron chi connectivity index (χ3n) is 4.37. The molecule has 1 aromatic carbocycles. The molecule has 0 bridgehead atoms. The zero-order valence-corrected chi connectivity index (χ0v) is 15.2. The number of amides is 3. The van der Waals surface area contributed by atoms with E-state index in [1.165, 1.54) is 30.6 Å². The number of aromatic nitrogens is 1. The number of carbonyl (C=O) groups is 3. The second-order valence-corrected chi connectivity index (χ2v) is 6.76. The number of primary amides is 1. The van der Waals surface area contributed by atoms with Crippen LogP contribution in [0.15, 0.2) is 36.7 Å². The number of benzene rings is 1. The van der Waals surface area contributed by atoms with E-state index in [2.05, 4.69) is 10.3 Å². The minimum Gasteiger partial charge on any atom is -0.372 e. The molecular formula is C18H16ClFN4O4. The minimum atomic E-state index is -2.29. The van der Waals surface area contributed by atoms with Gasteiger partial charge in [-0.15, -0.1) is 0 Å². The average Bonchev–Trinajstić information content (AvgIpc) is 2.95. The van der Waals surface area contributed by atoms with Crippen LogP contribution in [0.5, 0.6) is 0 Å². The fourth-order valence-corrected chi connectivity index (χ4v) is 3.16. The summed E-state index contributed by atoms with van der Waals surface area (Å²) in [7, 11) is 0. The van der Waals surface area contributed by atoms with Crippen molar-refractivity contribution in [3.8, 4) is 0 Å². The second kappa shape index (κ2) is 7.53. The summed E-state index contributed by atoms with van der Waals surface area (Å²) in [6.45, 7) is -0.0803. The highest BCUT2D eigenvalue weighted by Gasteiger charge is 2.51. The van der Waals surface area contributed by atoms with Gasteiger partial charge in [0.1, 0.15) is 5.82 Å². The van der Waals surface area contributed by atoms with Crippen LogP contribution < -0.4 is 16.0 Å². The van der Waals surface area contributed by atoms with Gasteiger partial charge in [-0.05, 0) is 29.8 Å². The number of pyridine rings is 1. The van der Waals surface area contributed by atoms with Crippen LogP contribution >= 0.6 is 11.6 Å². The molecule has 1 atom stereocenters. The highest BCUT2D eigenvalue weighted by atomic mass is 35.5. The minimum absolute atomic E-state index is 0.0401. The largest absolute Gasteiger partial charge is 0.372 e. The predicted octanol–water partition coefficient (Wildman–Crippen LogP) is 0.757. The molecule has 0 spiro atoms. The van der Waals surface area contributed by atoms with E-state index in [1.54, 1.807) is 0 Å². The molecule has 1 fully saturated rings. The molecule has 28 heavy (non-hydrogen) atoms. The Morgan fingerprint density at radius 2 is 2.07 bits per heavy atom. The van der Waals surface area contributed by atoms with Crippen molar-refractivity contribution in [1.29, 1.82) is 0 Å². The molecule has 4 N–H and O–H groups in total. The molecule has 1 aliphatic rings. The van der Waals surface area contributed by atoms with E-state index in [0.717, 1.165) is 11.0 Å². The molecule has 3 rings (SSSR count). The molecule has 0 aliphatic carbocycles. The number of nitrogens with one attached hydrogen (secondary N) is 1. The lowest BCUT2D eigenvalue weighted by atomic mass is 10.0. The van der Waals surface area contributed by atoms with Crippen molar-refractivity contribution in [3.05, 3.63) is 58.6 Å². The first-order chi connectivity index (χ1) is 13.2. The lowest BCUT2D eigenvalue weighted by Crippen LogP contribution is -2.52. The maximum absolute atomic E-state index is 13.4. The van der Waals surface area contributed by atoms with Crippen molar-refractivity contribution >= 4 is 35.0 Å². The first-order valence-electron chi connectivity index (χ1n) is 8.23. The van der Waals surface area contributed by atoms with Gasteiger partial charge in [0.15, 0.2) is 0 Å². The van der Waals surface area contributed by atoms with Crippen molar-refractivity contribution in [1.82, 2.24) is 10.3 Å². The van der Waals surface area contributed by atoms with Crippen molar-refractivity contribution in [2.45, 2.75) is 18.6 Å². The Morgan fingerprint density at radius 1 is 1.32 bits per heavy atom. The normalized spacial score (nSPS) is 19.0. The molecule has 8 nitrogen and oxygen atoms in total. The van der Waals surface area contributed by atoms with Crippen LogP contribution in [0.2, 0.25) is 5.02 Å². The first kappa shape index (κ1) is 19.7. The van der Waals surface area contributed by atoms with Crippen molar-refractivity contribution in [2.24, 2.45) is 5.73 Å². The van der Waals surface area contributed by atoms with Crippen LogP contribution in [0, 0.1) is 5.82 Å². The highest BCUT2D eigenvalue weighted by Crippen LogP contribution is 2.29. The molecule has 1 unspecified atom stereocenters. The fourth-order valence-electron chi connectivity index (χ4n) is 2.91. The molecule has 2 heterocycles. The lowest BCUT2D eigenvalue weighted by molar-refractivity contribution is -0.149. The summed E-state index contributed by atoms with van der Waals surface area (Å²) in [4.78, 5) is 41.4. The van der Waals surface area contributed by atoms with E-state index in [9.17, 15) is 23.9 Å². The molecule has 0 radical (unpaired) electrons. The number of hydrogen-bond donors (Lipinski definition) is 3. The molecule has 146 valence electrons. The number of hydrogen-bond acceptors (Lipinski definition) is 5. The maximum Gasteiger partial charge on any atom is 0.268 e.